The molecule has 9 heteroatoms. The number of halogens is 1. The first-order valence-electron chi connectivity index (χ1n) is 7.64. The van der Waals surface area contributed by atoms with Crippen LogP contribution in [0.4, 0.5) is 5.69 Å². The van der Waals surface area contributed by atoms with Crippen LogP contribution in [0.2, 0.25) is 5.02 Å². The van der Waals surface area contributed by atoms with Crippen LogP contribution >= 0.6 is 23.4 Å². The first-order valence-corrected chi connectivity index (χ1v) is 9.01. The Morgan fingerprint density at radius 2 is 1.85 bits per heavy atom. The molecule has 0 atom stereocenters. The maximum absolute atomic E-state index is 12.2. The first-order chi connectivity index (χ1) is 13.0. The van der Waals surface area contributed by atoms with Gasteiger partial charge in [0.25, 0.3) is 11.2 Å². The number of nitrogens with one attached hydrogen (secondary N) is 1. The largest absolute Gasteiger partial charge is 0.300 e. The second-order valence-electron chi connectivity index (χ2n) is 5.43. The molecule has 0 aliphatic rings. The van der Waals surface area contributed by atoms with E-state index in [9.17, 15) is 20.2 Å². The topological polar surface area (TPSA) is 113 Å². The molecule has 0 saturated carbocycles. The number of nitro groups is 1. The Morgan fingerprint density at radius 3 is 2.44 bits per heavy atom. The summed E-state index contributed by atoms with van der Waals surface area (Å²) in [6.07, 6.45) is 0. The van der Waals surface area contributed by atoms with Crippen LogP contribution < -0.4 is 5.56 Å². The van der Waals surface area contributed by atoms with Gasteiger partial charge in [0, 0.05) is 28.5 Å². The molecule has 134 valence electrons. The Bertz CT molecular complexity index is 1090. The molecule has 0 fully saturated rings. The van der Waals surface area contributed by atoms with Crippen molar-refractivity contribution >= 4 is 29.1 Å². The van der Waals surface area contributed by atoms with Crippen molar-refractivity contribution in [2.45, 2.75) is 10.9 Å². The monoisotopic (exact) mass is 398 g/mol. The normalized spacial score (nSPS) is 10.4. The Morgan fingerprint density at radius 1 is 1.19 bits per heavy atom. The fourth-order valence-corrected chi connectivity index (χ4v) is 3.25. The maximum atomic E-state index is 12.2. The van der Waals surface area contributed by atoms with Crippen LogP contribution in [0, 0.1) is 21.4 Å². The summed E-state index contributed by atoms with van der Waals surface area (Å²) in [5.41, 5.74) is 1.15. The van der Waals surface area contributed by atoms with Gasteiger partial charge in [-0.25, -0.2) is 4.98 Å². The summed E-state index contributed by atoms with van der Waals surface area (Å²) in [6.45, 7) is 0. The maximum Gasteiger partial charge on any atom is 0.270 e. The van der Waals surface area contributed by atoms with Gasteiger partial charge in [-0.15, -0.1) is 0 Å². The van der Waals surface area contributed by atoms with Gasteiger partial charge in [-0.05, 0) is 17.7 Å². The van der Waals surface area contributed by atoms with Crippen LogP contribution in [0.25, 0.3) is 11.3 Å². The number of non-ortho nitro benzene ring substituents is 1. The number of nitro benzene ring substituents is 1. The van der Waals surface area contributed by atoms with Crippen molar-refractivity contribution in [3.63, 3.8) is 0 Å². The molecular formula is C18H11ClN4O3S. The minimum absolute atomic E-state index is 0.0127. The third kappa shape index (κ3) is 4.34. The lowest BCUT2D eigenvalue weighted by atomic mass is 10.1. The summed E-state index contributed by atoms with van der Waals surface area (Å²) in [5.74, 6) is 0.451. The first kappa shape index (κ1) is 18.6. The average Bonchev–Trinajstić information content (AvgIpc) is 2.67. The predicted molar refractivity (Wildman–Crippen MR) is 103 cm³/mol. The molecule has 7 nitrogen and oxygen atoms in total. The SMILES string of the molecule is N#Cc1c(-c2ccc(Cl)cc2)nc(SCc2ccc([N+](=O)[O-])cc2)[nH]c1=O. The van der Waals surface area contributed by atoms with E-state index in [1.807, 2.05) is 6.07 Å². The van der Waals surface area contributed by atoms with E-state index in [0.717, 1.165) is 5.56 Å². The third-order valence-corrected chi connectivity index (χ3v) is 4.85. The van der Waals surface area contributed by atoms with Crippen molar-refractivity contribution in [2.24, 2.45) is 0 Å². The van der Waals surface area contributed by atoms with E-state index in [1.54, 1.807) is 36.4 Å². The molecule has 1 heterocycles. The summed E-state index contributed by atoms with van der Waals surface area (Å²) >= 11 is 7.15. The Hall–Kier alpha value is -3.15. The van der Waals surface area contributed by atoms with E-state index in [-0.39, 0.29) is 16.9 Å². The lowest BCUT2D eigenvalue weighted by Crippen LogP contribution is -2.14. The molecule has 1 aromatic heterocycles. The molecule has 0 aliphatic carbocycles. The van der Waals surface area contributed by atoms with Crippen molar-refractivity contribution in [3.05, 3.63) is 85.1 Å². The highest BCUT2D eigenvalue weighted by molar-refractivity contribution is 7.98. The zero-order valence-corrected chi connectivity index (χ0v) is 15.3. The standard InChI is InChI=1S/C18H11ClN4O3S/c19-13-5-3-12(4-6-13)16-15(9-20)17(24)22-18(21-16)27-10-11-1-7-14(8-2-11)23(25)26/h1-8H,10H2,(H,21,22,24). The van der Waals surface area contributed by atoms with Gasteiger partial charge in [0.2, 0.25) is 0 Å². The van der Waals surface area contributed by atoms with Gasteiger partial charge in [-0.3, -0.25) is 14.9 Å². The van der Waals surface area contributed by atoms with Gasteiger partial charge >= 0.3 is 0 Å². The number of thioether (sulfide) groups is 1. The van der Waals surface area contributed by atoms with Gasteiger partial charge in [0.15, 0.2) is 5.16 Å². The highest BCUT2D eigenvalue weighted by Crippen LogP contribution is 2.25. The minimum atomic E-state index is -0.524. The van der Waals surface area contributed by atoms with Gasteiger partial charge < -0.3 is 4.98 Å². The minimum Gasteiger partial charge on any atom is -0.300 e. The summed E-state index contributed by atoms with van der Waals surface area (Å²) in [6, 6.07) is 14.7. The fraction of sp³-hybridized carbons (Fsp3) is 0.0556. The number of nitrogens with zero attached hydrogens (tertiary/aromatic N) is 3. The Kier molecular flexibility index (Phi) is 5.54. The van der Waals surface area contributed by atoms with Crippen molar-refractivity contribution in [2.75, 3.05) is 0 Å². The Labute approximate surface area is 162 Å². The summed E-state index contributed by atoms with van der Waals surface area (Å²) in [5, 5.41) is 20.9. The van der Waals surface area contributed by atoms with Crippen LogP contribution in [-0.2, 0) is 5.75 Å². The number of nitriles is 1. The molecule has 0 amide bonds. The van der Waals surface area contributed by atoms with E-state index >= 15 is 0 Å². The lowest BCUT2D eigenvalue weighted by molar-refractivity contribution is -0.384. The molecule has 0 spiro atoms. The van der Waals surface area contributed by atoms with Crippen LogP contribution in [0.3, 0.4) is 0 Å². The molecular weight excluding hydrogens is 388 g/mol. The molecule has 27 heavy (non-hydrogen) atoms. The van der Waals surface area contributed by atoms with Crippen LogP contribution in [-0.4, -0.2) is 14.9 Å². The number of H-pyrrole nitrogens is 1. The summed E-state index contributed by atoms with van der Waals surface area (Å²) < 4.78 is 0. The number of aromatic nitrogens is 2. The van der Waals surface area contributed by atoms with E-state index in [4.69, 9.17) is 11.6 Å². The van der Waals surface area contributed by atoms with Gasteiger partial charge in [-0.1, -0.05) is 47.6 Å². The van der Waals surface area contributed by atoms with Gasteiger partial charge in [0.05, 0.1) is 10.6 Å². The number of rotatable bonds is 5. The zero-order chi connectivity index (χ0) is 19.4. The molecule has 0 aliphatic heterocycles. The molecule has 0 unspecified atom stereocenters. The third-order valence-electron chi connectivity index (χ3n) is 3.65. The highest BCUT2D eigenvalue weighted by atomic mass is 35.5. The number of hydrogen-bond acceptors (Lipinski definition) is 6. The predicted octanol–water partition coefficient (Wildman–Crippen LogP) is 4.16. The van der Waals surface area contributed by atoms with Crippen molar-refractivity contribution in [1.29, 1.82) is 5.26 Å². The summed E-state index contributed by atoms with van der Waals surface area (Å²) in [7, 11) is 0. The second kappa shape index (κ2) is 8.03. The highest BCUT2D eigenvalue weighted by Gasteiger charge is 2.14. The molecule has 3 rings (SSSR count). The van der Waals surface area contributed by atoms with E-state index < -0.39 is 10.5 Å². The number of aromatic amines is 1. The van der Waals surface area contributed by atoms with Gasteiger partial charge in [-0.2, -0.15) is 5.26 Å². The second-order valence-corrected chi connectivity index (χ2v) is 6.83. The quantitative estimate of drug-likeness (QED) is 0.299. The molecule has 0 radical (unpaired) electrons. The molecule has 2 aromatic carbocycles. The molecule has 1 N–H and O–H groups in total. The van der Waals surface area contributed by atoms with Gasteiger partial charge in [0.1, 0.15) is 11.6 Å². The molecule has 3 aromatic rings. The zero-order valence-electron chi connectivity index (χ0n) is 13.7. The smallest absolute Gasteiger partial charge is 0.270 e. The van der Waals surface area contributed by atoms with Crippen molar-refractivity contribution in [3.8, 4) is 17.3 Å². The molecule has 0 saturated heterocycles. The van der Waals surface area contributed by atoms with Crippen LogP contribution in [0.5, 0.6) is 0 Å². The summed E-state index contributed by atoms with van der Waals surface area (Å²) in [4.78, 5) is 29.5. The van der Waals surface area contributed by atoms with Crippen molar-refractivity contribution < 1.29 is 4.92 Å². The molecule has 0 bridgehead atoms. The van der Waals surface area contributed by atoms with Crippen molar-refractivity contribution in [1.82, 2.24) is 9.97 Å². The Balaban J connectivity index is 1.88. The lowest BCUT2D eigenvalue weighted by Gasteiger charge is -2.07. The number of hydrogen-bond donors (Lipinski definition) is 1. The van der Waals surface area contributed by atoms with E-state index in [2.05, 4.69) is 9.97 Å². The van der Waals surface area contributed by atoms with E-state index in [1.165, 1.54) is 23.9 Å². The number of benzene rings is 2. The average molecular weight is 399 g/mol. The van der Waals surface area contributed by atoms with E-state index in [0.29, 0.717) is 21.5 Å². The van der Waals surface area contributed by atoms with Crippen LogP contribution in [0.1, 0.15) is 11.1 Å². The fourth-order valence-electron chi connectivity index (χ4n) is 2.31. The van der Waals surface area contributed by atoms with Crippen LogP contribution in [0.15, 0.2) is 58.5 Å².